The number of hydrogen-bond acceptors (Lipinski definition) is 8. The van der Waals surface area contributed by atoms with Crippen LogP contribution in [0.25, 0.3) is 0 Å². The summed E-state index contributed by atoms with van der Waals surface area (Å²) < 4.78 is 35.8. The zero-order valence-electron chi connectivity index (χ0n) is 23.1. The average molecular weight is 556 g/mol. The molecule has 1 amide bonds. The van der Waals surface area contributed by atoms with E-state index in [9.17, 15) is 4.79 Å². The van der Waals surface area contributed by atoms with Crippen LogP contribution in [0.2, 0.25) is 0 Å². The number of nitrogens with one attached hydrogen (secondary N) is 4. The maximum Gasteiger partial charge on any atom is 0.252 e. The summed E-state index contributed by atoms with van der Waals surface area (Å²) in [5, 5.41) is 6.39. The Kier molecular flexibility index (Phi) is 8.02. The van der Waals surface area contributed by atoms with Crippen molar-refractivity contribution < 1.29 is 18.3 Å². The highest BCUT2D eigenvalue weighted by molar-refractivity contribution is 5.94. The Morgan fingerprint density at radius 1 is 1.05 bits per heavy atom. The maximum absolute atomic E-state index is 15.2. The number of benzene rings is 2. The second kappa shape index (κ2) is 11.7. The van der Waals surface area contributed by atoms with E-state index in [4.69, 9.17) is 4.74 Å². The number of halogens is 2. The minimum Gasteiger partial charge on any atom is -0.379 e. The van der Waals surface area contributed by atoms with Gasteiger partial charge in [-0.3, -0.25) is 15.1 Å². The van der Waals surface area contributed by atoms with Crippen molar-refractivity contribution in [2.45, 2.75) is 37.3 Å². The highest BCUT2D eigenvalue weighted by Gasteiger charge is 2.42. The van der Waals surface area contributed by atoms with Crippen molar-refractivity contribution in [1.29, 1.82) is 0 Å². The predicted octanol–water partition coefficient (Wildman–Crippen LogP) is 1.43. The van der Waals surface area contributed by atoms with Crippen LogP contribution >= 0.6 is 0 Å². The van der Waals surface area contributed by atoms with Gasteiger partial charge in [0.1, 0.15) is 11.6 Å². The summed E-state index contributed by atoms with van der Waals surface area (Å²) >= 11 is 0. The number of rotatable bonds is 7. The molecule has 11 heteroatoms. The fourth-order valence-corrected chi connectivity index (χ4v) is 6.37. The number of hydrazine groups is 1. The molecule has 40 heavy (non-hydrogen) atoms. The van der Waals surface area contributed by atoms with Crippen LogP contribution in [-0.4, -0.2) is 94.0 Å². The second-order valence-electron chi connectivity index (χ2n) is 11.6. The van der Waals surface area contributed by atoms with Gasteiger partial charge in [0.05, 0.1) is 12.3 Å². The zero-order valence-corrected chi connectivity index (χ0v) is 23.1. The van der Waals surface area contributed by atoms with Gasteiger partial charge >= 0.3 is 0 Å². The molecule has 0 radical (unpaired) electrons. The van der Waals surface area contributed by atoms with Crippen molar-refractivity contribution in [3.8, 4) is 0 Å². The van der Waals surface area contributed by atoms with Crippen molar-refractivity contribution in [2.75, 3.05) is 64.9 Å². The molecule has 4 saturated heterocycles. The molecule has 0 spiro atoms. The number of carbonyl (C=O) groups is 1. The number of fused-ring (bicyclic) bond motifs is 1. The molecule has 4 unspecified atom stereocenters. The Morgan fingerprint density at radius 2 is 1.75 bits per heavy atom. The van der Waals surface area contributed by atoms with Crippen LogP contribution < -0.4 is 26.4 Å². The summed E-state index contributed by atoms with van der Waals surface area (Å²) in [6, 6.07) is 10.2. The van der Waals surface area contributed by atoms with Crippen LogP contribution in [0.3, 0.4) is 0 Å². The van der Waals surface area contributed by atoms with Gasteiger partial charge in [-0.25, -0.2) is 14.2 Å². The van der Waals surface area contributed by atoms with Gasteiger partial charge < -0.3 is 25.2 Å². The quantitative estimate of drug-likeness (QED) is 0.409. The average Bonchev–Trinajstić information content (AvgIpc) is 3.32. The van der Waals surface area contributed by atoms with Crippen LogP contribution in [0.15, 0.2) is 36.4 Å². The van der Waals surface area contributed by atoms with Crippen molar-refractivity contribution in [3.05, 3.63) is 64.7 Å². The lowest BCUT2D eigenvalue weighted by Gasteiger charge is -2.38. The fraction of sp³-hybridized carbons (Fsp3) is 0.552. The molecule has 4 aliphatic heterocycles. The smallest absolute Gasteiger partial charge is 0.252 e. The third-order valence-electron chi connectivity index (χ3n) is 8.90. The highest BCUT2D eigenvalue weighted by Crippen LogP contribution is 2.34. The highest BCUT2D eigenvalue weighted by atomic mass is 19.1. The molecular weight excluding hydrogens is 516 g/mol. The lowest BCUT2D eigenvalue weighted by atomic mass is 9.84. The van der Waals surface area contributed by atoms with Gasteiger partial charge in [-0.05, 0) is 55.4 Å². The minimum atomic E-state index is -0.533. The molecule has 9 nitrogen and oxygen atoms in total. The van der Waals surface area contributed by atoms with Crippen molar-refractivity contribution in [1.82, 2.24) is 31.3 Å². The van der Waals surface area contributed by atoms with Crippen LogP contribution in [0.5, 0.6) is 0 Å². The third-order valence-corrected chi connectivity index (χ3v) is 8.90. The van der Waals surface area contributed by atoms with Gasteiger partial charge in [0, 0.05) is 94.3 Å². The van der Waals surface area contributed by atoms with E-state index in [1.54, 1.807) is 7.11 Å². The number of ether oxygens (including phenoxy) is 1. The van der Waals surface area contributed by atoms with Crippen LogP contribution in [0.1, 0.15) is 33.9 Å². The lowest BCUT2D eigenvalue weighted by molar-refractivity contribution is -0.0334. The number of hydrogen-bond donors (Lipinski definition) is 4. The topological polar surface area (TPSA) is 84.1 Å². The summed E-state index contributed by atoms with van der Waals surface area (Å²) in [5.41, 5.74) is 8.80. The Hall–Kier alpha value is -2.67. The summed E-state index contributed by atoms with van der Waals surface area (Å²) in [7, 11) is 3.80. The van der Waals surface area contributed by atoms with E-state index in [1.807, 2.05) is 24.3 Å². The van der Waals surface area contributed by atoms with Crippen molar-refractivity contribution in [3.63, 3.8) is 0 Å². The minimum absolute atomic E-state index is 0.0340. The number of likely N-dealkylation sites (tertiary alicyclic amines) is 1. The van der Waals surface area contributed by atoms with E-state index in [-0.39, 0.29) is 35.7 Å². The molecule has 6 rings (SSSR count). The Balaban J connectivity index is 1.08. The summed E-state index contributed by atoms with van der Waals surface area (Å²) in [6.07, 6.45) is 0.314. The molecule has 0 bridgehead atoms. The Morgan fingerprint density at radius 3 is 2.42 bits per heavy atom. The van der Waals surface area contributed by atoms with Crippen molar-refractivity contribution >= 4 is 11.6 Å². The molecule has 0 aromatic heterocycles. The first-order chi connectivity index (χ1) is 19.4. The first-order valence-corrected chi connectivity index (χ1v) is 14.2. The summed E-state index contributed by atoms with van der Waals surface area (Å²) in [6.45, 7) is 6.53. The summed E-state index contributed by atoms with van der Waals surface area (Å²) in [5.74, 6) is -1.28. The SMILES string of the molecule is COC1CN(Cc2cc(F)c(C3CC4C(CN3)NNC4NC(=O)c3ccc(N4CCN(C)CC4)cc3)c(F)c2)C1. The molecule has 2 aromatic rings. The molecule has 216 valence electrons. The number of amides is 1. The number of likely N-dealkylation sites (N-methyl/N-ethyl adjacent to an activating group) is 1. The van der Waals surface area contributed by atoms with Crippen LogP contribution in [-0.2, 0) is 11.3 Å². The molecular formula is C29H39F2N7O2. The van der Waals surface area contributed by atoms with Gasteiger partial charge in [0.25, 0.3) is 5.91 Å². The number of piperazine rings is 1. The predicted molar refractivity (Wildman–Crippen MR) is 149 cm³/mol. The van der Waals surface area contributed by atoms with Gasteiger partial charge in [-0.1, -0.05) is 0 Å². The number of nitrogens with zero attached hydrogens (tertiary/aromatic N) is 3. The lowest BCUT2D eigenvalue weighted by Crippen LogP contribution is -2.51. The monoisotopic (exact) mass is 555 g/mol. The van der Waals surface area contributed by atoms with E-state index < -0.39 is 17.7 Å². The molecule has 4 fully saturated rings. The number of carbonyl (C=O) groups excluding carboxylic acids is 1. The first-order valence-electron chi connectivity index (χ1n) is 14.2. The largest absolute Gasteiger partial charge is 0.379 e. The van der Waals surface area contributed by atoms with E-state index in [0.29, 0.717) is 30.6 Å². The number of methoxy groups -OCH3 is 1. The van der Waals surface area contributed by atoms with Crippen molar-refractivity contribution in [2.24, 2.45) is 5.92 Å². The standard InChI is InChI=1S/C29H39F2N7O2/c1-36-7-9-38(10-8-36)20-5-3-19(4-6-20)29(39)33-28-22-13-25(32-14-26(22)34-35-28)27-23(30)11-18(12-24(27)31)15-37-16-21(17-37)40-2/h3-6,11-12,21-22,25-26,28,32,34-35H,7-10,13-17H2,1-2H3,(H,33,39). The van der Waals surface area contributed by atoms with E-state index in [1.165, 1.54) is 12.1 Å². The fourth-order valence-electron chi connectivity index (χ4n) is 6.37. The first kappa shape index (κ1) is 27.5. The van der Waals surface area contributed by atoms with E-state index in [0.717, 1.165) is 45.0 Å². The van der Waals surface area contributed by atoms with E-state index in [2.05, 4.69) is 43.2 Å². The summed E-state index contributed by atoms with van der Waals surface area (Å²) in [4.78, 5) is 19.9. The molecule has 0 saturated carbocycles. The molecule has 4 aliphatic rings. The van der Waals surface area contributed by atoms with Gasteiger partial charge in [-0.15, -0.1) is 0 Å². The maximum atomic E-state index is 15.2. The molecule has 4 atom stereocenters. The normalized spacial score (nSPS) is 27.9. The van der Waals surface area contributed by atoms with E-state index >= 15 is 8.78 Å². The number of anilines is 1. The second-order valence-corrected chi connectivity index (χ2v) is 11.6. The molecule has 4 heterocycles. The number of piperidine rings is 1. The van der Waals surface area contributed by atoms with Gasteiger partial charge in [-0.2, -0.15) is 0 Å². The third kappa shape index (κ3) is 5.72. The zero-order chi connectivity index (χ0) is 27.8. The molecule has 0 aliphatic carbocycles. The molecule has 2 aromatic carbocycles. The van der Waals surface area contributed by atoms with Crippen LogP contribution in [0.4, 0.5) is 14.5 Å². The van der Waals surface area contributed by atoms with Crippen LogP contribution in [0, 0.1) is 17.6 Å². The van der Waals surface area contributed by atoms with Gasteiger partial charge in [0.2, 0.25) is 0 Å². The Bertz CT molecular complexity index is 1180. The molecule has 4 N–H and O–H groups in total. The Labute approximate surface area is 234 Å². The van der Waals surface area contributed by atoms with Gasteiger partial charge in [0.15, 0.2) is 0 Å².